The molecule has 5 nitrogen and oxygen atoms in total. The molecule has 1 N–H and O–H groups in total. The van der Waals surface area contributed by atoms with Crippen LogP contribution in [0.2, 0.25) is 10.0 Å². The number of thioether (sulfide) groups is 1. The van der Waals surface area contributed by atoms with E-state index >= 15 is 0 Å². The van der Waals surface area contributed by atoms with Gasteiger partial charge in [-0.3, -0.25) is 9.36 Å². The van der Waals surface area contributed by atoms with Gasteiger partial charge in [-0.1, -0.05) is 79.1 Å². The van der Waals surface area contributed by atoms with E-state index in [0.717, 1.165) is 5.75 Å². The molecule has 0 spiro atoms. The number of halogens is 2. The number of amides is 1. The van der Waals surface area contributed by atoms with Gasteiger partial charge in [0.15, 0.2) is 11.0 Å². The van der Waals surface area contributed by atoms with Crippen molar-refractivity contribution in [2.45, 2.75) is 37.7 Å². The second-order valence-electron chi connectivity index (χ2n) is 6.93. The molecular formula is C21H22Cl2N4OS. The molecule has 29 heavy (non-hydrogen) atoms. The molecule has 0 fully saturated rings. The molecule has 8 heteroatoms. The molecule has 0 aliphatic heterocycles. The molecule has 1 aromatic heterocycles. The molecule has 2 aromatic carbocycles. The molecule has 0 saturated heterocycles. The molecule has 0 aliphatic carbocycles. The van der Waals surface area contributed by atoms with Crippen LogP contribution in [0.5, 0.6) is 0 Å². The fourth-order valence-corrected chi connectivity index (χ4v) is 3.98. The van der Waals surface area contributed by atoms with E-state index in [1.165, 1.54) is 5.56 Å². The first-order valence-electron chi connectivity index (χ1n) is 9.24. The average molecular weight is 449 g/mol. The third-order valence-corrected chi connectivity index (χ3v) is 5.84. The number of benzene rings is 2. The van der Waals surface area contributed by atoms with Crippen LogP contribution < -0.4 is 5.32 Å². The number of aromatic nitrogens is 3. The zero-order chi connectivity index (χ0) is 21.0. The second-order valence-corrected chi connectivity index (χ2v) is 8.72. The van der Waals surface area contributed by atoms with Crippen LogP contribution in [0.25, 0.3) is 5.69 Å². The fourth-order valence-electron chi connectivity index (χ4n) is 2.71. The van der Waals surface area contributed by atoms with Gasteiger partial charge >= 0.3 is 0 Å². The quantitative estimate of drug-likeness (QED) is 0.470. The number of hydrogen-bond donors (Lipinski definition) is 1. The van der Waals surface area contributed by atoms with Gasteiger partial charge in [-0.15, -0.1) is 10.2 Å². The molecule has 3 rings (SSSR count). The molecule has 0 bridgehead atoms. The highest BCUT2D eigenvalue weighted by atomic mass is 35.5. The molecule has 0 saturated carbocycles. The lowest BCUT2D eigenvalue weighted by Crippen LogP contribution is -2.31. The van der Waals surface area contributed by atoms with Crippen molar-refractivity contribution in [3.63, 3.8) is 0 Å². The van der Waals surface area contributed by atoms with Gasteiger partial charge in [0.25, 0.3) is 0 Å². The fraction of sp³-hybridized carbons (Fsp3) is 0.286. The summed E-state index contributed by atoms with van der Waals surface area (Å²) in [6.45, 7) is 5.58. The lowest BCUT2D eigenvalue weighted by atomic mass is 10.2. The van der Waals surface area contributed by atoms with Crippen molar-refractivity contribution >= 4 is 40.9 Å². The third kappa shape index (κ3) is 5.32. The normalized spacial score (nSPS) is 12.2. The van der Waals surface area contributed by atoms with Crippen LogP contribution in [0.3, 0.4) is 0 Å². The van der Waals surface area contributed by atoms with Gasteiger partial charge in [0.1, 0.15) is 0 Å². The summed E-state index contributed by atoms with van der Waals surface area (Å²) in [7, 11) is 0. The smallest absolute Gasteiger partial charge is 0.223 e. The van der Waals surface area contributed by atoms with Crippen molar-refractivity contribution in [2.24, 2.45) is 5.92 Å². The van der Waals surface area contributed by atoms with Crippen LogP contribution in [0, 0.1) is 5.92 Å². The van der Waals surface area contributed by atoms with Gasteiger partial charge in [-0.2, -0.15) is 0 Å². The Bertz CT molecular complexity index is 992. The Kier molecular flexibility index (Phi) is 7.22. The van der Waals surface area contributed by atoms with E-state index in [1.807, 2.05) is 43.5 Å². The van der Waals surface area contributed by atoms with Crippen molar-refractivity contribution < 1.29 is 4.79 Å². The number of nitrogens with zero attached hydrogens (tertiary/aromatic N) is 3. The van der Waals surface area contributed by atoms with E-state index in [0.29, 0.717) is 26.7 Å². The molecular weight excluding hydrogens is 427 g/mol. The van der Waals surface area contributed by atoms with Gasteiger partial charge < -0.3 is 5.32 Å². The van der Waals surface area contributed by atoms with E-state index in [2.05, 4.69) is 27.6 Å². The summed E-state index contributed by atoms with van der Waals surface area (Å²) in [5, 5.41) is 13.5. The molecule has 3 aromatic rings. The van der Waals surface area contributed by atoms with Crippen LogP contribution >= 0.6 is 35.0 Å². The summed E-state index contributed by atoms with van der Waals surface area (Å²) >= 11 is 14.3. The van der Waals surface area contributed by atoms with Gasteiger partial charge in [-0.05, 0) is 30.7 Å². The van der Waals surface area contributed by atoms with Crippen LogP contribution in [0.15, 0.2) is 53.7 Å². The first kappa shape index (κ1) is 21.7. The molecule has 0 aliphatic rings. The number of carbonyl (C=O) groups is 1. The minimum atomic E-state index is -0.349. The maximum absolute atomic E-state index is 12.2. The highest BCUT2D eigenvalue weighted by Gasteiger charge is 2.23. The Morgan fingerprint density at radius 3 is 2.52 bits per heavy atom. The second kappa shape index (κ2) is 9.65. The van der Waals surface area contributed by atoms with E-state index in [4.69, 9.17) is 23.2 Å². The third-order valence-electron chi connectivity index (χ3n) is 4.29. The maximum atomic E-state index is 12.2. The van der Waals surface area contributed by atoms with Crippen molar-refractivity contribution in [1.82, 2.24) is 20.1 Å². The van der Waals surface area contributed by atoms with E-state index in [1.54, 1.807) is 30.0 Å². The number of carbonyl (C=O) groups excluding carboxylic acids is 1. The lowest BCUT2D eigenvalue weighted by molar-refractivity contribution is -0.124. The van der Waals surface area contributed by atoms with Crippen molar-refractivity contribution in [3.05, 3.63) is 70.0 Å². The summed E-state index contributed by atoms with van der Waals surface area (Å²) < 4.78 is 1.87. The van der Waals surface area contributed by atoms with Crippen LogP contribution in [0.1, 0.15) is 38.2 Å². The Morgan fingerprint density at radius 1 is 1.10 bits per heavy atom. The van der Waals surface area contributed by atoms with Gasteiger partial charge in [0.2, 0.25) is 5.91 Å². The average Bonchev–Trinajstić information content (AvgIpc) is 3.12. The topological polar surface area (TPSA) is 59.8 Å². The highest BCUT2D eigenvalue weighted by molar-refractivity contribution is 7.98. The van der Waals surface area contributed by atoms with Gasteiger partial charge in [0, 0.05) is 16.7 Å². The van der Waals surface area contributed by atoms with Crippen molar-refractivity contribution in [2.75, 3.05) is 0 Å². The van der Waals surface area contributed by atoms with E-state index in [-0.39, 0.29) is 17.9 Å². The van der Waals surface area contributed by atoms with E-state index < -0.39 is 0 Å². The summed E-state index contributed by atoms with van der Waals surface area (Å²) in [5.41, 5.74) is 1.85. The first-order chi connectivity index (χ1) is 13.9. The van der Waals surface area contributed by atoms with Crippen molar-refractivity contribution in [1.29, 1.82) is 0 Å². The predicted molar refractivity (Wildman–Crippen MR) is 119 cm³/mol. The Morgan fingerprint density at radius 2 is 1.83 bits per heavy atom. The minimum absolute atomic E-state index is 0.0530. The molecule has 1 unspecified atom stereocenters. The van der Waals surface area contributed by atoms with Gasteiger partial charge in [0.05, 0.1) is 16.8 Å². The predicted octanol–water partition coefficient (Wildman–Crippen LogP) is 5.70. The molecule has 1 heterocycles. The van der Waals surface area contributed by atoms with Crippen molar-refractivity contribution in [3.8, 4) is 5.69 Å². The SMILES string of the molecule is CC(C)C(=O)NC(C)c1nnc(SCc2ccccc2)n1-c1cc(Cl)ccc1Cl. The first-order valence-corrected chi connectivity index (χ1v) is 11.0. The summed E-state index contributed by atoms with van der Waals surface area (Å²) in [6, 6.07) is 15.0. The molecule has 1 amide bonds. The Labute approximate surface area is 184 Å². The monoisotopic (exact) mass is 448 g/mol. The van der Waals surface area contributed by atoms with Crippen LogP contribution in [0.4, 0.5) is 0 Å². The number of rotatable bonds is 7. The largest absolute Gasteiger partial charge is 0.346 e. The number of nitrogens with one attached hydrogen (secondary N) is 1. The van der Waals surface area contributed by atoms with Gasteiger partial charge in [-0.25, -0.2) is 0 Å². The van der Waals surface area contributed by atoms with E-state index in [9.17, 15) is 4.79 Å². The summed E-state index contributed by atoms with van der Waals surface area (Å²) in [5.74, 6) is 1.14. The zero-order valence-corrected chi connectivity index (χ0v) is 18.7. The lowest BCUT2D eigenvalue weighted by Gasteiger charge is -2.18. The highest BCUT2D eigenvalue weighted by Crippen LogP contribution is 2.32. The number of hydrogen-bond acceptors (Lipinski definition) is 4. The molecule has 0 radical (unpaired) electrons. The van der Waals surface area contributed by atoms with Crippen LogP contribution in [-0.4, -0.2) is 20.7 Å². The Hall–Kier alpha value is -2.02. The van der Waals surface area contributed by atoms with Crippen LogP contribution in [-0.2, 0) is 10.5 Å². The standard InChI is InChI=1S/C21H22Cl2N4OS/c1-13(2)20(28)24-14(3)19-25-26-21(29-12-15-7-5-4-6-8-15)27(19)18-11-16(22)9-10-17(18)23/h4-11,13-14H,12H2,1-3H3,(H,24,28). The minimum Gasteiger partial charge on any atom is -0.346 e. The Balaban J connectivity index is 1.99. The maximum Gasteiger partial charge on any atom is 0.223 e. The summed E-state index contributed by atoms with van der Waals surface area (Å²) in [6.07, 6.45) is 0. The molecule has 1 atom stereocenters. The molecule has 152 valence electrons. The zero-order valence-electron chi connectivity index (χ0n) is 16.4. The summed E-state index contributed by atoms with van der Waals surface area (Å²) in [4.78, 5) is 12.2.